The molecule has 1 aromatic carbocycles. The van der Waals surface area contributed by atoms with Gasteiger partial charge in [-0.25, -0.2) is 9.97 Å². The van der Waals surface area contributed by atoms with Crippen molar-refractivity contribution in [2.75, 3.05) is 5.32 Å². The smallest absolute Gasteiger partial charge is 0.269 e. The van der Waals surface area contributed by atoms with Crippen LogP contribution in [-0.4, -0.2) is 24.7 Å². The maximum Gasteiger partial charge on any atom is 0.269 e. The van der Waals surface area contributed by atoms with Crippen molar-refractivity contribution in [2.24, 2.45) is 0 Å². The molecule has 8 heteroatoms. The Morgan fingerprint density at radius 1 is 1.43 bits per heavy atom. The molecular weight excluding hydrogens is 296 g/mol. The summed E-state index contributed by atoms with van der Waals surface area (Å²) in [6.07, 6.45) is 3.48. The molecular formula is C15H16N6O2. The average Bonchev–Trinajstić information content (AvgIpc) is 2.97. The zero-order valence-electron chi connectivity index (χ0n) is 12.8. The number of rotatable bonds is 5. The second kappa shape index (κ2) is 5.99. The lowest BCUT2D eigenvalue weighted by Gasteiger charge is -2.14. The van der Waals surface area contributed by atoms with E-state index in [-0.39, 0.29) is 11.7 Å². The largest absolute Gasteiger partial charge is 0.362 e. The molecule has 0 radical (unpaired) electrons. The lowest BCUT2D eigenvalue weighted by molar-refractivity contribution is -0.384. The predicted octanol–water partition coefficient (Wildman–Crippen LogP) is 2.93. The Kier molecular flexibility index (Phi) is 3.88. The quantitative estimate of drug-likeness (QED) is 0.574. The van der Waals surface area contributed by atoms with Gasteiger partial charge in [0.25, 0.3) is 5.69 Å². The van der Waals surface area contributed by atoms with Crippen LogP contribution in [-0.2, 0) is 6.54 Å². The molecule has 0 aliphatic heterocycles. The number of fused-ring (bicyclic) bond motifs is 1. The van der Waals surface area contributed by atoms with Gasteiger partial charge in [-0.15, -0.1) is 0 Å². The predicted molar refractivity (Wildman–Crippen MR) is 86.1 cm³/mol. The Bertz CT molecular complexity index is 860. The number of aromatic nitrogens is 4. The van der Waals surface area contributed by atoms with Crippen molar-refractivity contribution in [3.8, 4) is 0 Å². The van der Waals surface area contributed by atoms with E-state index in [1.807, 2.05) is 26.1 Å². The molecule has 0 bridgehead atoms. The number of aryl methyl sites for hydroxylation is 1. The van der Waals surface area contributed by atoms with Crippen LogP contribution >= 0.6 is 0 Å². The Labute approximate surface area is 132 Å². The van der Waals surface area contributed by atoms with E-state index in [1.54, 1.807) is 23.0 Å². The number of benzene rings is 1. The van der Waals surface area contributed by atoms with Crippen LogP contribution in [0.4, 0.5) is 11.5 Å². The van der Waals surface area contributed by atoms with Crippen molar-refractivity contribution in [1.82, 2.24) is 19.7 Å². The highest BCUT2D eigenvalue weighted by Crippen LogP contribution is 2.22. The maximum absolute atomic E-state index is 10.9. The maximum atomic E-state index is 10.9. The van der Waals surface area contributed by atoms with E-state index in [2.05, 4.69) is 20.4 Å². The first-order valence-electron chi connectivity index (χ1n) is 7.28. The first-order chi connectivity index (χ1) is 11.1. The number of nitro groups is 1. The summed E-state index contributed by atoms with van der Waals surface area (Å²) in [5.41, 5.74) is 2.18. The first kappa shape index (κ1) is 14.9. The van der Waals surface area contributed by atoms with E-state index in [0.29, 0.717) is 11.5 Å². The van der Waals surface area contributed by atoms with Gasteiger partial charge in [-0.3, -0.25) is 14.8 Å². The van der Waals surface area contributed by atoms with Gasteiger partial charge < -0.3 is 5.32 Å². The molecule has 0 aliphatic rings. The number of nitrogens with zero attached hydrogens (tertiary/aromatic N) is 5. The van der Waals surface area contributed by atoms with E-state index < -0.39 is 4.92 Å². The number of nitro benzene ring substituents is 1. The normalized spacial score (nSPS) is 12.3. The molecule has 1 N–H and O–H groups in total. The molecule has 23 heavy (non-hydrogen) atoms. The van der Waals surface area contributed by atoms with Crippen LogP contribution in [0.25, 0.3) is 11.2 Å². The summed E-state index contributed by atoms with van der Waals surface area (Å²) in [5, 5.41) is 18.4. The third kappa shape index (κ3) is 3.10. The van der Waals surface area contributed by atoms with Crippen molar-refractivity contribution < 1.29 is 4.92 Å². The summed E-state index contributed by atoms with van der Waals surface area (Å²) in [7, 11) is 0. The molecule has 0 saturated heterocycles. The van der Waals surface area contributed by atoms with Gasteiger partial charge in [0.2, 0.25) is 5.65 Å². The van der Waals surface area contributed by atoms with Crippen molar-refractivity contribution in [3.05, 3.63) is 52.3 Å². The van der Waals surface area contributed by atoms with E-state index in [1.165, 1.54) is 6.07 Å². The minimum Gasteiger partial charge on any atom is -0.362 e. The molecule has 0 saturated carbocycles. The summed E-state index contributed by atoms with van der Waals surface area (Å²) < 4.78 is 1.78. The Balaban J connectivity index is 1.83. The fourth-order valence-corrected chi connectivity index (χ4v) is 2.29. The highest BCUT2D eigenvalue weighted by molar-refractivity contribution is 5.70. The fraction of sp³-hybridized carbons (Fsp3) is 0.267. The van der Waals surface area contributed by atoms with Crippen LogP contribution in [0.2, 0.25) is 0 Å². The lowest BCUT2D eigenvalue weighted by atomic mass is 10.1. The van der Waals surface area contributed by atoms with E-state index >= 15 is 0 Å². The average molecular weight is 312 g/mol. The molecule has 0 unspecified atom stereocenters. The highest BCUT2D eigenvalue weighted by atomic mass is 16.6. The van der Waals surface area contributed by atoms with Crippen LogP contribution in [0, 0.1) is 10.1 Å². The molecule has 0 amide bonds. The molecule has 3 rings (SSSR count). The SMILES string of the molecule is CCn1cc2ncc(N[C@@H](C)c3cccc([N+](=O)[O-])c3)nc2n1. The zero-order chi connectivity index (χ0) is 16.4. The van der Waals surface area contributed by atoms with Crippen molar-refractivity contribution in [1.29, 1.82) is 0 Å². The Morgan fingerprint density at radius 3 is 3.00 bits per heavy atom. The number of hydrogen-bond acceptors (Lipinski definition) is 6. The van der Waals surface area contributed by atoms with Gasteiger partial charge in [-0.05, 0) is 19.4 Å². The van der Waals surface area contributed by atoms with Gasteiger partial charge in [-0.1, -0.05) is 12.1 Å². The second-order valence-electron chi connectivity index (χ2n) is 5.17. The first-order valence-corrected chi connectivity index (χ1v) is 7.28. The third-order valence-corrected chi connectivity index (χ3v) is 3.55. The summed E-state index contributed by atoms with van der Waals surface area (Å²) in [4.78, 5) is 19.2. The molecule has 0 aliphatic carbocycles. The minimum atomic E-state index is -0.403. The monoisotopic (exact) mass is 312 g/mol. The van der Waals surface area contributed by atoms with Gasteiger partial charge >= 0.3 is 0 Å². The lowest BCUT2D eigenvalue weighted by Crippen LogP contribution is -2.08. The Morgan fingerprint density at radius 2 is 2.26 bits per heavy atom. The van der Waals surface area contributed by atoms with Crippen LogP contribution in [0.3, 0.4) is 0 Å². The molecule has 2 heterocycles. The molecule has 1 atom stereocenters. The number of hydrogen-bond donors (Lipinski definition) is 1. The molecule has 118 valence electrons. The van der Waals surface area contributed by atoms with Crippen LogP contribution in [0.1, 0.15) is 25.5 Å². The Hall–Kier alpha value is -3.03. The standard InChI is InChI=1S/C15H16N6O2/c1-3-20-9-13-15(19-20)18-14(8-16-13)17-10(2)11-5-4-6-12(7-11)21(22)23/h4-10H,3H2,1-2H3,(H,17,18,19)/t10-/m0/s1. The summed E-state index contributed by atoms with van der Waals surface area (Å²) in [6, 6.07) is 6.38. The van der Waals surface area contributed by atoms with Crippen molar-refractivity contribution in [3.63, 3.8) is 0 Å². The molecule has 0 spiro atoms. The topological polar surface area (TPSA) is 98.8 Å². The van der Waals surface area contributed by atoms with E-state index in [4.69, 9.17) is 0 Å². The van der Waals surface area contributed by atoms with Crippen LogP contribution in [0.5, 0.6) is 0 Å². The van der Waals surface area contributed by atoms with Crippen molar-refractivity contribution >= 4 is 22.7 Å². The third-order valence-electron chi connectivity index (χ3n) is 3.55. The minimum absolute atomic E-state index is 0.0689. The molecule has 3 aromatic rings. The number of non-ortho nitro benzene ring substituents is 1. The van der Waals surface area contributed by atoms with Gasteiger partial charge in [0.05, 0.1) is 23.4 Å². The van der Waals surface area contributed by atoms with Gasteiger partial charge in [0, 0.05) is 18.7 Å². The zero-order valence-corrected chi connectivity index (χ0v) is 12.8. The molecule has 2 aromatic heterocycles. The van der Waals surface area contributed by atoms with Crippen LogP contribution < -0.4 is 5.32 Å². The summed E-state index contributed by atoms with van der Waals surface area (Å²) in [5.74, 6) is 0.581. The van der Waals surface area contributed by atoms with Gasteiger partial charge in [0.1, 0.15) is 11.3 Å². The van der Waals surface area contributed by atoms with Gasteiger partial charge in [-0.2, -0.15) is 5.10 Å². The van der Waals surface area contributed by atoms with Crippen molar-refractivity contribution in [2.45, 2.75) is 26.4 Å². The molecule has 8 nitrogen and oxygen atoms in total. The summed E-state index contributed by atoms with van der Waals surface area (Å²) in [6.45, 7) is 4.66. The number of nitrogens with one attached hydrogen (secondary N) is 1. The second-order valence-corrected chi connectivity index (χ2v) is 5.17. The van der Waals surface area contributed by atoms with E-state index in [0.717, 1.165) is 17.6 Å². The van der Waals surface area contributed by atoms with E-state index in [9.17, 15) is 10.1 Å². The number of anilines is 1. The highest BCUT2D eigenvalue weighted by Gasteiger charge is 2.12. The van der Waals surface area contributed by atoms with Crippen LogP contribution in [0.15, 0.2) is 36.7 Å². The molecule has 0 fully saturated rings. The fourth-order valence-electron chi connectivity index (χ4n) is 2.29. The van der Waals surface area contributed by atoms with Gasteiger partial charge in [0.15, 0.2) is 0 Å². The summed E-state index contributed by atoms with van der Waals surface area (Å²) >= 11 is 0.